The van der Waals surface area contributed by atoms with E-state index in [1.165, 1.54) is 11.3 Å². The third-order valence-corrected chi connectivity index (χ3v) is 3.76. The number of fused-ring (bicyclic) bond motifs is 1. The molecule has 2 aromatic heterocycles. The Morgan fingerprint density at radius 3 is 2.85 bits per heavy atom. The van der Waals surface area contributed by atoms with Crippen molar-refractivity contribution in [3.63, 3.8) is 0 Å². The molecule has 2 N–H and O–H groups in total. The number of nitrogens with zero attached hydrogens (tertiary/aromatic N) is 2. The topological polar surface area (TPSA) is 69.6 Å². The number of hydrogen-bond donors (Lipinski definition) is 1. The molecule has 0 aliphatic carbocycles. The average Bonchev–Trinajstić information content (AvgIpc) is 3.01. The number of carbonyl (C=O) groups excluding carboxylic acids is 1. The van der Waals surface area contributed by atoms with Gasteiger partial charge < -0.3 is 10.5 Å². The van der Waals surface area contributed by atoms with Gasteiger partial charge >= 0.3 is 5.97 Å². The van der Waals surface area contributed by atoms with E-state index in [9.17, 15) is 4.79 Å². The van der Waals surface area contributed by atoms with Gasteiger partial charge in [0.05, 0.1) is 12.3 Å². The molecule has 0 amide bonds. The lowest BCUT2D eigenvalue weighted by Crippen LogP contribution is -2.08. The number of carbonyl (C=O) groups is 1. The van der Waals surface area contributed by atoms with Crippen molar-refractivity contribution in [2.45, 2.75) is 6.92 Å². The molecule has 3 aromatic rings. The predicted octanol–water partition coefficient (Wildman–Crippen LogP) is 2.82. The summed E-state index contributed by atoms with van der Waals surface area (Å²) in [6, 6.07) is 9.85. The third-order valence-electron chi connectivity index (χ3n) is 2.94. The lowest BCUT2D eigenvalue weighted by molar-refractivity contribution is 0.0521. The Balaban J connectivity index is 2.15. The number of rotatable bonds is 3. The molecule has 0 fully saturated rings. The van der Waals surface area contributed by atoms with E-state index < -0.39 is 5.97 Å². The molecule has 0 saturated heterocycles. The molecule has 0 unspecified atom stereocenters. The summed E-state index contributed by atoms with van der Waals surface area (Å²) >= 11 is 1.44. The molecule has 0 aliphatic rings. The van der Waals surface area contributed by atoms with Crippen LogP contribution in [0.15, 0.2) is 35.7 Å². The quantitative estimate of drug-likeness (QED) is 0.752. The highest BCUT2D eigenvalue weighted by Crippen LogP contribution is 2.30. The number of imidazole rings is 1. The molecule has 3 rings (SSSR count). The molecule has 0 saturated carbocycles. The third kappa shape index (κ3) is 1.94. The van der Waals surface area contributed by atoms with Crippen LogP contribution in [-0.4, -0.2) is 22.0 Å². The smallest absolute Gasteiger partial charge is 0.360 e. The summed E-state index contributed by atoms with van der Waals surface area (Å²) in [4.78, 5) is 16.8. The zero-order chi connectivity index (χ0) is 14.1. The average molecular weight is 287 g/mol. The van der Waals surface area contributed by atoms with Gasteiger partial charge in [-0.15, -0.1) is 11.3 Å². The molecule has 0 atom stereocenters. The van der Waals surface area contributed by atoms with Crippen molar-refractivity contribution in [3.05, 3.63) is 41.4 Å². The number of anilines is 1. The summed E-state index contributed by atoms with van der Waals surface area (Å²) in [6.07, 6.45) is 0. The summed E-state index contributed by atoms with van der Waals surface area (Å²) in [6.45, 7) is 2.05. The Morgan fingerprint density at radius 2 is 2.15 bits per heavy atom. The van der Waals surface area contributed by atoms with E-state index in [0.717, 1.165) is 11.3 Å². The van der Waals surface area contributed by atoms with Gasteiger partial charge in [-0.3, -0.25) is 4.40 Å². The number of aromatic nitrogens is 2. The van der Waals surface area contributed by atoms with E-state index in [2.05, 4.69) is 4.98 Å². The number of hydrogen-bond acceptors (Lipinski definition) is 5. The van der Waals surface area contributed by atoms with Crippen molar-refractivity contribution in [2.24, 2.45) is 0 Å². The molecule has 6 heteroatoms. The highest BCUT2D eigenvalue weighted by Gasteiger charge is 2.21. The minimum Gasteiger partial charge on any atom is -0.461 e. The summed E-state index contributed by atoms with van der Waals surface area (Å²) in [7, 11) is 0. The molecule has 1 aromatic carbocycles. The van der Waals surface area contributed by atoms with E-state index in [1.54, 1.807) is 11.3 Å². The lowest BCUT2D eigenvalue weighted by atomic mass is 10.2. The van der Waals surface area contributed by atoms with E-state index in [4.69, 9.17) is 10.5 Å². The van der Waals surface area contributed by atoms with Gasteiger partial charge in [0.25, 0.3) is 0 Å². The Morgan fingerprint density at radius 1 is 1.40 bits per heavy atom. The summed E-state index contributed by atoms with van der Waals surface area (Å²) in [5.74, 6) is -0.168. The molecular weight excluding hydrogens is 274 g/mol. The number of ether oxygens (including phenoxy) is 1. The largest absolute Gasteiger partial charge is 0.461 e. The standard InChI is InChI=1S/C14H13N3O2S/c1-2-19-13(18)11-12(15)17-10(8-20-14(17)16-11)9-6-4-3-5-7-9/h3-8H,2,15H2,1H3. The monoisotopic (exact) mass is 287 g/mol. The minimum absolute atomic E-state index is 0.177. The second-order valence-corrected chi connectivity index (χ2v) is 5.01. The van der Waals surface area contributed by atoms with Gasteiger partial charge in [0.1, 0.15) is 5.82 Å². The van der Waals surface area contributed by atoms with Gasteiger partial charge in [-0.25, -0.2) is 9.78 Å². The maximum absolute atomic E-state index is 11.8. The van der Waals surface area contributed by atoms with Crippen LogP contribution in [0.2, 0.25) is 0 Å². The van der Waals surface area contributed by atoms with Crippen LogP contribution in [0.4, 0.5) is 5.82 Å². The van der Waals surface area contributed by atoms with Crippen molar-refractivity contribution in [2.75, 3.05) is 12.3 Å². The zero-order valence-corrected chi connectivity index (χ0v) is 11.7. The van der Waals surface area contributed by atoms with E-state index >= 15 is 0 Å². The van der Waals surface area contributed by atoms with Crippen LogP contribution in [0.1, 0.15) is 17.4 Å². The van der Waals surface area contributed by atoms with E-state index in [-0.39, 0.29) is 5.69 Å². The van der Waals surface area contributed by atoms with Crippen LogP contribution in [0, 0.1) is 0 Å². The summed E-state index contributed by atoms with van der Waals surface area (Å²) in [5, 5.41) is 1.98. The van der Waals surface area contributed by atoms with Gasteiger partial charge in [-0.2, -0.15) is 0 Å². The number of esters is 1. The fraction of sp³-hybridized carbons (Fsp3) is 0.143. The predicted molar refractivity (Wildman–Crippen MR) is 78.9 cm³/mol. The molecule has 0 spiro atoms. The number of benzene rings is 1. The molecular formula is C14H13N3O2S. The first-order chi connectivity index (χ1) is 9.72. The van der Waals surface area contributed by atoms with Crippen molar-refractivity contribution >= 4 is 28.1 Å². The number of nitrogens with two attached hydrogens (primary N) is 1. The molecule has 2 heterocycles. The first kappa shape index (κ1) is 12.7. The first-order valence-electron chi connectivity index (χ1n) is 6.20. The minimum atomic E-state index is -0.486. The summed E-state index contributed by atoms with van der Waals surface area (Å²) < 4.78 is 6.75. The van der Waals surface area contributed by atoms with E-state index in [0.29, 0.717) is 17.4 Å². The van der Waals surface area contributed by atoms with Gasteiger partial charge in [-0.1, -0.05) is 30.3 Å². The van der Waals surface area contributed by atoms with Crippen LogP contribution in [0.5, 0.6) is 0 Å². The molecule has 102 valence electrons. The second-order valence-electron chi connectivity index (χ2n) is 4.17. The molecule has 0 bridgehead atoms. The fourth-order valence-electron chi connectivity index (χ4n) is 2.04. The normalized spacial score (nSPS) is 10.8. The van der Waals surface area contributed by atoms with Gasteiger partial charge in [-0.05, 0) is 12.5 Å². The van der Waals surface area contributed by atoms with Gasteiger partial charge in [0.15, 0.2) is 10.7 Å². The maximum atomic E-state index is 11.8. The van der Waals surface area contributed by atoms with E-state index in [1.807, 2.05) is 35.7 Å². The molecule has 5 nitrogen and oxygen atoms in total. The van der Waals surface area contributed by atoms with Crippen molar-refractivity contribution in [1.82, 2.24) is 9.38 Å². The van der Waals surface area contributed by atoms with Crippen molar-refractivity contribution in [1.29, 1.82) is 0 Å². The van der Waals surface area contributed by atoms with Crippen LogP contribution >= 0.6 is 11.3 Å². The Kier molecular flexibility index (Phi) is 3.15. The molecule has 20 heavy (non-hydrogen) atoms. The van der Waals surface area contributed by atoms with Crippen molar-refractivity contribution in [3.8, 4) is 11.3 Å². The van der Waals surface area contributed by atoms with Crippen LogP contribution < -0.4 is 5.73 Å². The fourth-order valence-corrected chi connectivity index (χ4v) is 2.95. The zero-order valence-electron chi connectivity index (χ0n) is 10.9. The Bertz CT molecular complexity index is 761. The number of nitrogen functional groups attached to an aromatic ring is 1. The van der Waals surface area contributed by atoms with Crippen LogP contribution in [-0.2, 0) is 4.74 Å². The summed E-state index contributed by atoms with van der Waals surface area (Å²) in [5.41, 5.74) is 8.18. The van der Waals surface area contributed by atoms with Crippen LogP contribution in [0.25, 0.3) is 16.2 Å². The number of thiazole rings is 1. The first-order valence-corrected chi connectivity index (χ1v) is 7.08. The molecule has 0 aliphatic heterocycles. The molecule has 0 radical (unpaired) electrons. The Labute approximate surface area is 119 Å². The Hall–Kier alpha value is -2.34. The lowest BCUT2D eigenvalue weighted by Gasteiger charge is -2.02. The van der Waals surface area contributed by atoms with Crippen molar-refractivity contribution < 1.29 is 9.53 Å². The second kappa shape index (κ2) is 4.97. The van der Waals surface area contributed by atoms with Crippen LogP contribution in [0.3, 0.4) is 0 Å². The maximum Gasteiger partial charge on any atom is 0.360 e. The highest BCUT2D eigenvalue weighted by molar-refractivity contribution is 7.15. The van der Waals surface area contributed by atoms with Gasteiger partial charge in [0.2, 0.25) is 0 Å². The van der Waals surface area contributed by atoms with Gasteiger partial charge in [0, 0.05) is 5.38 Å². The highest BCUT2D eigenvalue weighted by atomic mass is 32.1. The SMILES string of the molecule is CCOC(=O)c1nc2scc(-c3ccccc3)n2c1N.